The molecule has 1 aliphatic rings. The lowest BCUT2D eigenvalue weighted by Gasteiger charge is -2.29. The molecular formula is C17H21N3O3. The van der Waals surface area contributed by atoms with E-state index in [9.17, 15) is 4.79 Å². The molecule has 3 rings (SSSR count). The van der Waals surface area contributed by atoms with Crippen molar-refractivity contribution in [3.63, 3.8) is 0 Å². The van der Waals surface area contributed by atoms with Crippen molar-refractivity contribution in [1.82, 2.24) is 14.7 Å². The van der Waals surface area contributed by atoms with E-state index in [-0.39, 0.29) is 12.0 Å². The number of carbonyl (C=O) groups excluding carboxylic acids is 1. The van der Waals surface area contributed by atoms with Crippen LogP contribution in [0.15, 0.2) is 36.5 Å². The molecule has 1 aliphatic heterocycles. The van der Waals surface area contributed by atoms with Crippen molar-refractivity contribution < 1.29 is 14.3 Å². The van der Waals surface area contributed by atoms with E-state index >= 15 is 0 Å². The summed E-state index contributed by atoms with van der Waals surface area (Å²) in [7, 11) is 1.79. The molecule has 1 amide bonds. The number of rotatable bonds is 5. The molecule has 6 nitrogen and oxygen atoms in total. The molecule has 1 aromatic heterocycles. The Morgan fingerprint density at radius 2 is 2.13 bits per heavy atom. The van der Waals surface area contributed by atoms with Gasteiger partial charge in [-0.3, -0.25) is 9.48 Å². The van der Waals surface area contributed by atoms with E-state index in [4.69, 9.17) is 9.47 Å². The minimum absolute atomic E-state index is 0.0700. The van der Waals surface area contributed by atoms with Gasteiger partial charge < -0.3 is 14.4 Å². The normalized spacial score (nSPS) is 16.2. The Morgan fingerprint density at radius 1 is 1.35 bits per heavy atom. The highest BCUT2D eigenvalue weighted by Gasteiger charge is 2.23. The van der Waals surface area contributed by atoms with Gasteiger partial charge in [0, 0.05) is 26.2 Å². The average molecular weight is 315 g/mol. The monoisotopic (exact) mass is 315 g/mol. The van der Waals surface area contributed by atoms with Gasteiger partial charge in [0.25, 0.3) is 0 Å². The first-order valence-corrected chi connectivity index (χ1v) is 7.74. The Balaban J connectivity index is 1.49. The third-order valence-electron chi connectivity index (χ3n) is 3.80. The maximum Gasteiger partial charge on any atom is 0.224 e. The molecule has 2 heterocycles. The van der Waals surface area contributed by atoms with Crippen molar-refractivity contribution in [3.8, 4) is 11.5 Å². The number of para-hydroxylation sites is 2. The lowest BCUT2D eigenvalue weighted by molar-refractivity contribution is -0.131. The molecule has 2 aromatic rings. The molecule has 0 fully saturated rings. The third kappa shape index (κ3) is 3.83. The molecule has 0 aliphatic carbocycles. The van der Waals surface area contributed by atoms with Crippen molar-refractivity contribution in [2.45, 2.75) is 26.0 Å². The summed E-state index contributed by atoms with van der Waals surface area (Å²) in [5.74, 6) is 1.56. The third-order valence-corrected chi connectivity index (χ3v) is 3.80. The second-order valence-corrected chi connectivity index (χ2v) is 5.74. The number of amides is 1. The number of hydrogen-bond donors (Lipinski definition) is 0. The molecule has 1 aromatic carbocycles. The highest BCUT2D eigenvalue weighted by Crippen LogP contribution is 2.30. The Morgan fingerprint density at radius 3 is 2.87 bits per heavy atom. The standard InChI is InChI=1S/C17H21N3O3/c1-13-7-9-20(18-13)10-8-17(21)19(2)11-14-12-22-15-5-3-4-6-16(15)23-14/h3-7,9,14H,8,10-12H2,1-2H3. The molecule has 1 unspecified atom stereocenters. The van der Waals surface area contributed by atoms with Gasteiger partial charge in [-0.2, -0.15) is 5.10 Å². The van der Waals surface area contributed by atoms with Crippen LogP contribution in [0.4, 0.5) is 0 Å². The number of aryl methyl sites for hydroxylation is 2. The van der Waals surface area contributed by atoms with E-state index in [0.717, 1.165) is 17.2 Å². The number of likely N-dealkylation sites (N-methyl/N-ethyl adjacent to an activating group) is 1. The first-order chi connectivity index (χ1) is 11.1. The summed E-state index contributed by atoms with van der Waals surface area (Å²) in [6.45, 7) is 3.48. The number of hydrogen-bond acceptors (Lipinski definition) is 4. The first kappa shape index (κ1) is 15.4. The summed E-state index contributed by atoms with van der Waals surface area (Å²) in [5.41, 5.74) is 0.956. The number of ether oxygens (including phenoxy) is 2. The van der Waals surface area contributed by atoms with Crippen LogP contribution >= 0.6 is 0 Å². The summed E-state index contributed by atoms with van der Waals surface area (Å²) in [4.78, 5) is 13.9. The Kier molecular flexibility index (Phi) is 4.50. The minimum atomic E-state index is -0.147. The van der Waals surface area contributed by atoms with E-state index in [1.165, 1.54) is 0 Å². The highest BCUT2D eigenvalue weighted by molar-refractivity contribution is 5.75. The summed E-state index contributed by atoms with van der Waals surface area (Å²) >= 11 is 0. The van der Waals surface area contributed by atoms with Crippen molar-refractivity contribution in [2.75, 3.05) is 20.2 Å². The molecule has 0 saturated heterocycles. The van der Waals surface area contributed by atoms with Crippen LogP contribution in [0.3, 0.4) is 0 Å². The zero-order chi connectivity index (χ0) is 16.2. The second-order valence-electron chi connectivity index (χ2n) is 5.74. The summed E-state index contributed by atoms with van der Waals surface area (Å²) in [6, 6.07) is 9.51. The number of fused-ring (bicyclic) bond motifs is 1. The fourth-order valence-corrected chi connectivity index (χ4v) is 2.55. The maximum atomic E-state index is 12.2. The van der Waals surface area contributed by atoms with E-state index < -0.39 is 0 Å². The van der Waals surface area contributed by atoms with Gasteiger partial charge in [0.2, 0.25) is 5.91 Å². The van der Waals surface area contributed by atoms with E-state index in [1.807, 2.05) is 43.5 Å². The fourth-order valence-electron chi connectivity index (χ4n) is 2.55. The van der Waals surface area contributed by atoms with Crippen LogP contribution in [0.25, 0.3) is 0 Å². The van der Waals surface area contributed by atoms with Gasteiger partial charge in [-0.05, 0) is 25.1 Å². The zero-order valence-corrected chi connectivity index (χ0v) is 13.4. The van der Waals surface area contributed by atoms with Gasteiger partial charge in [0.15, 0.2) is 17.6 Å². The van der Waals surface area contributed by atoms with Gasteiger partial charge in [-0.15, -0.1) is 0 Å². The lowest BCUT2D eigenvalue weighted by atomic mass is 10.2. The van der Waals surface area contributed by atoms with Crippen LogP contribution in [0, 0.1) is 6.92 Å². The van der Waals surface area contributed by atoms with Crippen LogP contribution < -0.4 is 9.47 Å². The maximum absolute atomic E-state index is 12.2. The van der Waals surface area contributed by atoms with Crippen molar-refractivity contribution >= 4 is 5.91 Å². The van der Waals surface area contributed by atoms with Crippen LogP contribution in [0.1, 0.15) is 12.1 Å². The smallest absolute Gasteiger partial charge is 0.224 e. The second kappa shape index (κ2) is 6.73. The van der Waals surface area contributed by atoms with Gasteiger partial charge in [-0.1, -0.05) is 12.1 Å². The van der Waals surface area contributed by atoms with Gasteiger partial charge in [-0.25, -0.2) is 0 Å². The predicted molar refractivity (Wildman–Crippen MR) is 85.6 cm³/mol. The SMILES string of the molecule is Cc1ccn(CCC(=O)N(C)CC2COc3ccccc3O2)n1. The molecule has 0 saturated carbocycles. The van der Waals surface area contributed by atoms with Crippen LogP contribution in [-0.4, -0.2) is 46.9 Å². The molecule has 23 heavy (non-hydrogen) atoms. The topological polar surface area (TPSA) is 56.6 Å². The van der Waals surface area contributed by atoms with Crippen molar-refractivity contribution in [1.29, 1.82) is 0 Å². The van der Waals surface area contributed by atoms with E-state index in [2.05, 4.69) is 5.10 Å². The minimum Gasteiger partial charge on any atom is -0.486 e. The molecule has 0 N–H and O–H groups in total. The number of carbonyl (C=O) groups is 1. The summed E-state index contributed by atoms with van der Waals surface area (Å²) in [6.07, 6.45) is 2.16. The van der Waals surface area contributed by atoms with Crippen molar-refractivity contribution in [2.24, 2.45) is 0 Å². The number of benzene rings is 1. The largest absolute Gasteiger partial charge is 0.486 e. The molecular weight excluding hydrogens is 294 g/mol. The first-order valence-electron chi connectivity index (χ1n) is 7.74. The Labute approximate surface area is 135 Å². The lowest BCUT2D eigenvalue weighted by Crippen LogP contribution is -2.42. The highest BCUT2D eigenvalue weighted by atomic mass is 16.6. The Bertz CT molecular complexity index is 683. The molecule has 122 valence electrons. The van der Waals surface area contributed by atoms with Crippen LogP contribution in [0.2, 0.25) is 0 Å². The Hall–Kier alpha value is -2.50. The van der Waals surface area contributed by atoms with Gasteiger partial charge in [0.05, 0.1) is 12.2 Å². The number of nitrogens with zero attached hydrogens (tertiary/aromatic N) is 3. The van der Waals surface area contributed by atoms with E-state index in [0.29, 0.717) is 26.1 Å². The van der Waals surface area contributed by atoms with Crippen LogP contribution in [-0.2, 0) is 11.3 Å². The molecule has 0 spiro atoms. The van der Waals surface area contributed by atoms with Gasteiger partial charge >= 0.3 is 0 Å². The van der Waals surface area contributed by atoms with Crippen LogP contribution in [0.5, 0.6) is 11.5 Å². The molecule has 0 radical (unpaired) electrons. The van der Waals surface area contributed by atoms with Gasteiger partial charge in [0.1, 0.15) is 6.61 Å². The van der Waals surface area contributed by atoms with Crippen molar-refractivity contribution in [3.05, 3.63) is 42.2 Å². The number of aromatic nitrogens is 2. The fraction of sp³-hybridized carbons (Fsp3) is 0.412. The molecule has 1 atom stereocenters. The quantitative estimate of drug-likeness (QED) is 0.845. The average Bonchev–Trinajstić information content (AvgIpc) is 2.98. The zero-order valence-electron chi connectivity index (χ0n) is 13.4. The molecule has 6 heteroatoms. The van der Waals surface area contributed by atoms with E-state index in [1.54, 1.807) is 16.6 Å². The summed E-state index contributed by atoms with van der Waals surface area (Å²) < 4.78 is 13.3. The predicted octanol–water partition coefficient (Wildman–Crippen LogP) is 1.88. The summed E-state index contributed by atoms with van der Waals surface area (Å²) in [5, 5.41) is 4.28. The molecule has 0 bridgehead atoms.